The Kier molecular flexibility index (Phi) is 5.41. The van der Waals surface area contributed by atoms with Crippen LogP contribution in [0.5, 0.6) is 0 Å². The second-order valence-corrected chi connectivity index (χ2v) is 8.51. The van der Waals surface area contributed by atoms with Crippen LogP contribution in [0.3, 0.4) is 0 Å². The van der Waals surface area contributed by atoms with Crippen molar-refractivity contribution in [2.24, 2.45) is 11.7 Å². The van der Waals surface area contributed by atoms with Crippen LogP contribution < -0.4 is 5.73 Å². The first-order chi connectivity index (χ1) is 9.92. The molecule has 2 rings (SSSR count). The van der Waals surface area contributed by atoms with Gasteiger partial charge in [-0.05, 0) is 29.9 Å². The molecule has 21 heavy (non-hydrogen) atoms. The summed E-state index contributed by atoms with van der Waals surface area (Å²) in [5.74, 6) is 0.270. The molecule has 3 atom stereocenters. The Bertz CT molecular complexity index is 553. The predicted octanol–water partition coefficient (Wildman–Crippen LogP) is 2.17. The van der Waals surface area contributed by atoms with Gasteiger partial charge >= 0.3 is 0 Å². The molecule has 5 heteroatoms. The topological polar surface area (TPSA) is 80.4 Å². The van der Waals surface area contributed by atoms with E-state index in [-0.39, 0.29) is 11.0 Å². The van der Waals surface area contributed by atoms with E-state index in [0.717, 1.165) is 31.2 Å². The third kappa shape index (κ3) is 4.28. The van der Waals surface area contributed by atoms with Crippen molar-refractivity contribution in [1.82, 2.24) is 0 Å². The van der Waals surface area contributed by atoms with Crippen molar-refractivity contribution >= 4 is 9.84 Å². The first kappa shape index (κ1) is 16.5. The van der Waals surface area contributed by atoms with Crippen LogP contribution in [-0.4, -0.2) is 24.5 Å². The van der Waals surface area contributed by atoms with Crippen molar-refractivity contribution < 1.29 is 13.5 Å². The quantitative estimate of drug-likeness (QED) is 0.873. The smallest absolute Gasteiger partial charge is 0.156 e. The van der Waals surface area contributed by atoms with Crippen LogP contribution in [0, 0.1) is 5.92 Å². The summed E-state index contributed by atoms with van der Waals surface area (Å²) in [4.78, 5) is 0. The average Bonchev–Trinajstić information content (AvgIpc) is 2.47. The molecule has 1 aliphatic carbocycles. The summed E-state index contributed by atoms with van der Waals surface area (Å²) in [6.45, 7) is 2.54. The summed E-state index contributed by atoms with van der Waals surface area (Å²) in [5, 5.41) is 9.91. The molecule has 0 spiro atoms. The van der Waals surface area contributed by atoms with Gasteiger partial charge in [0, 0.05) is 6.54 Å². The lowest BCUT2D eigenvalue weighted by Crippen LogP contribution is -2.31. The standard InChI is InChI=1S/C16H25NO3S/c1-12-3-2-4-15(9-12)21(19,20)11-16(18)14-7-5-13(10-17)6-8-14/h5-8,12,15-16,18H,2-4,9-11,17H2,1H3. The monoisotopic (exact) mass is 311 g/mol. The van der Waals surface area contributed by atoms with E-state index in [2.05, 4.69) is 6.92 Å². The minimum Gasteiger partial charge on any atom is -0.387 e. The van der Waals surface area contributed by atoms with Gasteiger partial charge in [-0.2, -0.15) is 0 Å². The molecule has 1 aromatic rings. The van der Waals surface area contributed by atoms with Crippen molar-refractivity contribution in [2.45, 2.75) is 50.5 Å². The normalized spacial score (nSPS) is 24.7. The van der Waals surface area contributed by atoms with E-state index in [0.29, 0.717) is 18.0 Å². The molecule has 0 aliphatic heterocycles. The lowest BCUT2D eigenvalue weighted by Gasteiger charge is -2.27. The highest BCUT2D eigenvalue weighted by molar-refractivity contribution is 7.92. The fourth-order valence-corrected chi connectivity index (χ4v) is 5.09. The zero-order valence-corrected chi connectivity index (χ0v) is 13.3. The van der Waals surface area contributed by atoms with Gasteiger partial charge in [-0.25, -0.2) is 8.42 Å². The van der Waals surface area contributed by atoms with E-state index in [1.807, 2.05) is 12.1 Å². The van der Waals surface area contributed by atoms with Crippen molar-refractivity contribution in [1.29, 1.82) is 0 Å². The van der Waals surface area contributed by atoms with Crippen molar-refractivity contribution in [3.63, 3.8) is 0 Å². The van der Waals surface area contributed by atoms with Gasteiger partial charge in [0.05, 0.1) is 17.1 Å². The molecule has 1 aromatic carbocycles. The Hall–Kier alpha value is -0.910. The molecule has 1 saturated carbocycles. The lowest BCUT2D eigenvalue weighted by molar-refractivity contribution is 0.201. The van der Waals surface area contributed by atoms with E-state index in [1.165, 1.54) is 0 Å². The van der Waals surface area contributed by atoms with Crippen LogP contribution in [0.4, 0.5) is 0 Å². The molecule has 118 valence electrons. The molecule has 0 bridgehead atoms. The van der Waals surface area contributed by atoms with Crippen LogP contribution in [0.2, 0.25) is 0 Å². The van der Waals surface area contributed by atoms with Crippen molar-refractivity contribution in [2.75, 3.05) is 5.75 Å². The number of hydrogen-bond donors (Lipinski definition) is 2. The number of aliphatic hydroxyl groups excluding tert-OH is 1. The molecule has 1 fully saturated rings. The van der Waals surface area contributed by atoms with Gasteiger partial charge in [-0.15, -0.1) is 0 Å². The maximum absolute atomic E-state index is 12.5. The fourth-order valence-electron chi connectivity index (χ4n) is 3.03. The number of nitrogens with two attached hydrogens (primary N) is 1. The van der Waals surface area contributed by atoms with Gasteiger partial charge in [0.15, 0.2) is 9.84 Å². The highest BCUT2D eigenvalue weighted by atomic mass is 32.2. The average molecular weight is 311 g/mol. The van der Waals surface area contributed by atoms with Crippen LogP contribution >= 0.6 is 0 Å². The van der Waals surface area contributed by atoms with Crippen LogP contribution in [0.15, 0.2) is 24.3 Å². The summed E-state index contributed by atoms with van der Waals surface area (Å²) >= 11 is 0. The Morgan fingerprint density at radius 3 is 2.52 bits per heavy atom. The van der Waals surface area contributed by atoms with Gasteiger partial charge in [0.1, 0.15) is 0 Å². The second-order valence-electron chi connectivity index (χ2n) is 6.18. The Morgan fingerprint density at radius 1 is 1.29 bits per heavy atom. The first-order valence-corrected chi connectivity index (χ1v) is 9.32. The third-order valence-corrected chi connectivity index (χ3v) is 6.61. The summed E-state index contributed by atoms with van der Waals surface area (Å²) in [5.41, 5.74) is 7.14. The van der Waals surface area contributed by atoms with Crippen molar-refractivity contribution in [3.8, 4) is 0 Å². The maximum Gasteiger partial charge on any atom is 0.156 e. The lowest BCUT2D eigenvalue weighted by atomic mass is 9.91. The van der Waals surface area contributed by atoms with E-state index < -0.39 is 15.9 Å². The van der Waals surface area contributed by atoms with Crippen LogP contribution in [-0.2, 0) is 16.4 Å². The molecule has 0 aromatic heterocycles. The largest absolute Gasteiger partial charge is 0.387 e. The van der Waals surface area contributed by atoms with E-state index in [9.17, 15) is 13.5 Å². The molecule has 1 aliphatic rings. The Balaban J connectivity index is 2.04. The minimum atomic E-state index is -3.25. The number of benzene rings is 1. The Morgan fingerprint density at radius 2 is 1.95 bits per heavy atom. The van der Waals surface area contributed by atoms with Crippen molar-refractivity contribution in [3.05, 3.63) is 35.4 Å². The molecular weight excluding hydrogens is 286 g/mol. The number of sulfone groups is 1. The number of rotatable bonds is 5. The van der Waals surface area contributed by atoms with Crippen LogP contribution in [0.25, 0.3) is 0 Å². The summed E-state index contributed by atoms with van der Waals surface area (Å²) in [7, 11) is -3.25. The van der Waals surface area contributed by atoms with Gasteiger partial charge in [-0.1, -0.05) is 44.0 Å². The fraction of sp³-hybridized carbons (Fsp3) is 0.625. The molecule has 0 heterocycles. The first-order valence-electron chi connectivity index (χ1n) is 7.61. The summed E-state index contributed by atoms with van der Waals surface area (Å²) in [6, 6.07) is 7.17. The van der Waals surface area contributed by atoms with Gasteiger partial charge < -0.3 is 10.8 Å². The predicted molar refractivity (Wildman–Crippen MR) is 84.5 cm³/mol. The second kappa shape index (κ2) is 6.90. The zero-order chi connectivity index (χ0) is 15.5. The summed E-state index contributed by atoms with van der Waals surface area (Å²) < 4.78 is 24.9. The molecule has 4 nitrogen and oxygen atoms in total. The maximum atomic E-state index is 12.5. The minimum absolute atomic E-state index is 0.188. The molecule has 3 N–H and O–H groups in total. The summed E-state index contributed by atoms with van der Waals surface area (Å²) in [6.07, 6.45) is 2.56. The van der Waals surface area contributed by atoms with Crippen LogP contribution in [0.1, 0.15) is 49.8 Å². The third-order valence-electron chi connectivity index (χ3n) is 4.39. The van der Waals surface area contributed by atoms with E-state index in [1.54, 1.807) is 12.1 Å². The Labute approximate surface area is 127 Å². The molecular formula is C16H25NO3S. The SMILES string of the molecule is CC1CCCC(S(=O)(=O)CC(O)c2ccc(CN)cc2)C1. The van der Waals surface area contributed by atoms with Gasteiger partial charge in [0.25, 0.3) is 0 Å². The van der Waals surface area contributed by atoms with E-state index >= 15 is 0 Å². The molecule has 0 amide bonds. The highest BCUT2D eigenvalue weighted by Gasteiger charge is 2.32. The number of aliphatic hydroxyl groups is 1. The number of hydrogen-bond acceptors (Lipinski definition) is 4. The molecule has 0 saturated heterocycles. The van der Waals surface area contributed by atoms with Gasteiger partial charge in [-0.3, -0.25) is 0 Å². The van der Waals surface area contributed by atoms with E-state index in [4.69, 9.17) is 5.73 Å². The molecule has 3 unspecified atom stereocenters. The molecule has 0 radical (unpaired) electrons. The van der Waals surface area contributed by atoms with Gasteiger partial charge in [0.2, 0.25) is 0 Å². The highest BCUT2D eigenvalue weighted by Crippen LogP contribution is 2.30. The zero-order valence-electron chi connectivity index (χ0n) is 12.5.